The first kappa shape index (κ1) is 17.9. The van der Waals surface area contributed by atoms with Gasteiger partial charge in [0.2, 0.25) is 5.91 Å². The number of carbonyl (C=O) groups is 2. The van der Waals surface area contributed by atoms with E-state index in [0.29, 0.717) is 25.9 Å². The van der Waals surface area contributed by atoms with Crippen LogP contribution >= 0.6 is 0 Å². The molecule has 0 bridgehead atoms. The lowest BCUT2D eigenvalue weighted by molar-refractivity contribution is -0.133. The second-order valence-corrected chi connectivity index (χ2v) is 6.42. The number of pyridine rings is 1. The fraction of sp³-hybridized carbons (Fsp3) is 0.350. The summed E-state index contributed by atoms with van der Waals surface area (Å²) in [7, 11) is 0. The number of urea groups is 1. The van der Waals surface area contributed by atoms with Crippen LogP contribution < -0.4 is 10.6 Å². The summed E-state index contributed by atoms with van der Waals surface area (Å²) < 4.78 is 0. The van der Waals surface area contributed by atoms with Gasteiger partial charge >= 0.3 is 6.03 Å². The predicted molar refractivity (Wildman–Crippen MR) is 101 cm³/mol. The van der Waals surface area contributed by atoms with Crippen LogP contribution in [0.3, 0.4) is 0 Å². The first-order valence-corrected chi connectivity index (χ1v) is 9.02. The molecule has 1 aromatic heterocycles. The van der Waals surface area contributed by atoms with Gasteiger partial charge in [-0.15, -0.1) is 0 Å². The van der Waals surface area contributed by atoms with E-state index in [2.05, 4.69) is 15.6 Å². The van der Waals surface area contributed by atoms with Gasteiger partial charge < -0.3 is 15.5 Å². The van der Waals surface area contributed by atoms with Gasteiger partial charge in [0.1, 0.15) is 0 Å². The normalized spacial score (nSPS) is 14.2. The molecule has 2 heterocycles. The average molecular weight is 352 g/mol. The minimum atomic E-state index is -0.243. The summed E-state index contributed by atoms with van der Waals surface area (Å²) in [6.07, 6.45) is 5.11. The quantitative estimate of drug-likeness (QED) is 0.839. The molecule has 2 N–H and O–H groups in total. The smallest absolute Gasteiger partial charge is 0.319 e. The van der Waals surface area contributed by atoms with Crippen molar-refractivity contribution in [3.8, 4) is 0 Å². The predicted octanol–water partition coefficient (Wildman–Crippen LogP) is 2.96. The molecule has 1 fully saturated rings. The van der Waals surface area contributed by atoms with Crippen LogP contribution in [0.5, 0.6) is 0 Å². The van der Waals surface area contributed by atoms with Crippen molar-refractivity contribution in [1.82, 2.24) is 15.2 Å². The third-order valence-electron chi connectivity index (χ3n) is 4.37. The fourth-order valence-electron chi connectivity index (χ4n) is 3.02. The van der Waals surface area contributed by atoms with Crippen LogP contribution in [-0.2, 0) is 17.8 Å². The zero-order chi connectivity index (χ0) is 18.2. The Labute approximate surface area is 153 Å². The molecule has 0 spiro atoms. The topological polar surface area (TPSA) is 74.3 Å². The number of likely N-dealkylation sites (tertiary alicyclic amines) is 1. The summed E-state index contributed by atoms with van der Waals surface area (Å²) >= 11 is 0. The molecule has 1 aromatic carbocycles. The molecule has 1 saturated heterocycles. The number of hydrogen-bond donors (Lipinski definition) is 2. The molecule has 0 atom stereocenters. The van der Waals surface area contributed by atoms with Gasteiger partial charge in [0.15, 0.2) is 0 Å². The van der Waals surface area contributed by atoms with E-state index in [1.54, 1.807) is 6.20 Å². The number of amides is 3. The number of piperidine rings is 1. The molecule has 0 unspecified atom stereocenters. The van der Waals surface area contributed by atoms with E-state index in [0.717, 1.165) is 36.3 Å². The Morgan fingerprint density at radius 2 is 2.08 bits per heavy atom. The van der Waals surface area contributed by atoms with Crippen LogP contribution in [-0.4, -0.2) is 34.9 Å². The highest BCUT2D eigenvalue weighted by Gasteiger charge is 2.18. The number of hydrogen-bond acceptors (Lipinski definition) is 3. The van der Waals surface area contributed by atoms with Crippen molar-refractivity contribution >= 4 is 17.6 Å². The molecule has 1 aliphatic heterocycles. The molecular formula is C20H24N4O2. The van der Waals surface area contributed by atoms with Crippen molar-refractivity contribution in [2.75, 3.05) is 18.4 Å². The Morgan fingerprint density at radius 3 is 2.88 bits per heavy atom. The van der Waals surface area contributed by atoms with Crippen LogP contribution in [0.2, 0.25) is 0 Å². The number of anilines is 1. The Hall–Kier alpha value is -2.89. The maximum absolute atomic E-state index is 12.0. The number of carbonyl (C=O) groups excluding carboxylic acids is 2. The number of rotatable bonds is 6. The van der Waals surface area contributed by atoms with Crippen molar-refractivity contribution in [3.63, 3.8) is 0 Å². The van der Waals surface area contributed by atoms with E-state index in [1.807, 2.05) is 47.4 Å². The lowest BCUT2D eigenvalue weighted by atomic mass is 10.1. The van der Waals surface area contributed by atoms with Crippen molar-refractivity contribution in [1.29, 1.82) is 0 Å². The van der Waals surface area contributed by atoms with Gasteiger partial charge in [-0.2, -0.15) is 0 Å². The minimum absolute atomic E-state index is 0.210. The Balaban J connectivity index is 1.48. The summed E-state index contributed by atoms with van der Waals surface area (Å²) in [6.45, 7) is 1.92. The largest absolute Gasteiger partial charge is 0.338 e. The van der Waals surface area contributed by atoms with E-state index in [-0.39, 0.29) is 11.9 Å². The van der Waals surface area contributed by atoms with Gasteiger partial charge in [-0.1, -0.05) is 18.2 Å². The molecule has 2 aromatic rings. The molecule has 26 heavy (non-hydrogen) atoms. The zero-order valence-corrected chi connectivity index (χ0v) is 14.8. The highest BCUT2D eigenvalue weighted by molar-refractivity contribution is 5.89. The van der Waals surface area contributed by atoms with Gasteiger partial charge in [-0.3, -0.25) is 9.78 Å². The fourth-order valence-corrected chi connectivity index (χ4v) is 3.02. The second-order valence-electron chi connectivity index (χ2n) is 6.42. The van der Waals surface area contributed by atoms with Crippen LogP contribution in [0, 0.1) is 0 Å². The molecule has 0 saturated carbocycles. The Kier molecular flexibility index (Phi) is 6.19. The lowest BCUT2D eigenvalue weighted by Crippen LogP contribution is -2.34. The molecule has 1 aliphatic rings. The second kappa shape index (κ2) is 8.99. The first-order valence-electron chi connectivity index (χ1n) is 9.02. The van der Waals surface area contributed by atoms with Gasteiger partial charge in [-0.25, -0.2) is 4.79 Å². The highest BCUT2D eigenvalue weighted by atomic mass is 16.2. The first-order chi connectivity index (χ1) is 12.7. The van der Waals surface area contributed by atoms with Crippen molar-refractivity contribution in [2.45, 2.75) is 32.2 Å². The van der Waals surface area contributed by atoms with Crippen LogP contribution in [0.25, 0.3) is 0 Å². The lowest BCUT2D eigenvalue weighted by Gasteiger charge is -2.26. The summed E-state index contributed by atoms with van der Waals surface area (Å²) in [5.74, 6) is 0.210. The van der Waals surface area contributed by atoms with E-state index in [9.17, 15) is 9.59 Å². The molecular weight excluding hydrogens is 328 g/mol. The molecule has 6 heteroatoms. The van der Waals surface area contributed by atoms with Crippen molar-refractivity contribution < 1.29 is 9.59 Å². The SMILES string of the molecule is O=C(NCCc1ccccn1)Nc1cccc(CN2CCCCC2=O)c1. The van der Waals surface area contributed by atoms with E-state index in [4.69, 9.17) is 0 Å². The standard InChI is InChI=1S/C20H24N4O2/c25-19-9-2-4-13-24(19)15-16-6-5-8-18(14-16)23-20(26)22-12-10-17-7-1-3-11-21-17/h1,3,5-8,11,14H,2,4,9-10,12-13,15H2,(H2,22,23,26). The summed E-state index contributed by atoms with van der Waals surface area (Å²) in [5.41, 5.74) is 2.69. The molecule has 0 aliphatic carbocycles. The van der Waals surface area contributed by atoms with E-state index in [1.165, 1.54) is 0 Å². The van der Waals surface area contributed by atoms with Crippen molar-refractivity contribution in [3.05, 3.63) is 59.9 Å². The third kappa shape index (κ3) is 5.31. The van der Waals surface area contributed by atoms with Crippen LogP contribution in [0.15, 0.2) is 48.7 Å². The van der Waals surface area contributed by atoms with Gasteiger partial charge in [0.25, 0.3) is 0 Å². The number of nitrogens with one attached hydrogen (secondary N) is 2. The zero-order valence-electron chi connectivity index (χ0n) is 14.8. The Morgan fingerprint density at radius 1 is 1.15 bits per heavy atom. The van der Waals surface area contributed by atoms with E-state index >= 15 is 0 Å². The minimum Gasteiger partial charge on any atom is -0.338 e. The molecule has 0 radical (unpaired) electrons. The highest BCUT2D eigenvalue weighted by Crippen LogP contribution is 2.17. The van der Waals surface area contributed by atoms with Crippen LogP contribution in [0.4, 0.5) is 10.5 Å². The average Bonchev–Trinajstić information content (AvgIpc) is 2.65. The maximum Gasteiger partial charge on any atom is 0.319 e. The summed E-state index contributed by atoms with van der Waals surface area (Å²) in [6, 6.07) is 13.1. The van der Waals surface area contributed by atoms with E-state index < -0.39 is 0 Å². The summed E-state index contributed by atoms with van der Waals surface area (Å²) in [5, 5.41) is 5.68. The van der Waals surface area contributed by atoms with Crippen LogP contribution in [0.1, 0.15) is 30.5 Å². The molecule has 3 amide bonds. The monoisotopic (exact) mass is 352 g/mol. The van der Waals surface area contributed by atoms with Crippen molar-refractivity contribution in [2.24, 2.45) is 0 Å². The van der Waals surface area contributed by atoms with Gasteiger partial charge in [-0.05, 0) is 42.7 Å². The Bertz CT molecular complexity index is 748. The number of nitrogens with zero attached hydrogens (tertiary/aromatic N) is 2. The number of benzene rings is 1. The maximum atomic E-state index is 12.0. The van der Waals surface area contributed by atoms with Gasteiger partial charge in [0, 0.05) is 50.1 Å². The summed E-state index contributed by atoms with van der Waals surface area (Å²) in [4.78, 5) is 30.1. The van der Waals surface area contributed by atoms with Gasteiger partial charge in [0.05, 0.1) is 0 Å². The third-order valence-corrected chi connectivity index (χ3v) is 4.37. The molecule has 3 rings (SSSR count). The number of aromatic nitrogens is 1. The molecule has 6 nitrogen and oxygen atoms in total. The molecule has 136 valence electrons.